The van der Waals surface area contributed by atoms with Crippen molar-refractivity contribution in [1.29, 1.82) is 0 Å². The predicted molar refractivity (Wildman–Crippen MR) is 71.1 cm³/mol. The number of aromatic nitrogens is 2. The Morgan fingerprint density at radius 1 is 1.41 bits per heavy atom. The van der Waals surface area contributed by atoms with Crippen molar-refractivity contribution in [3.05, 3.63) is 33.5 Å². The van der Waals surface area contributed by atoms with Crippen LogP contribution in [0.5, 0.6) is 10.9 Å². The van der Waals surface area contributed by atoms with Crippen molar-refractivity contribution in [3.63, 3.8) is 0 Å². The standard InChI is InChI=1S/C11H8BrClN2OS/c12-8-5-7(13)3-4-9(8)16-11-14-10(15-17-11)6-1-2-6/h3-6H,1-2H2. The first kappa shape index (κ1) is 11.4. The smallest absolute Gasteiger partial charge is 0.298 e. The molecule has 1 saturated carbocycles. The Morgan fingerprint density at radius 2 is 2.24 bits per heavy atom. The number of hydrogen-bond acceptors (Lipinski definition) is 4. The summed E-state index contributed by atoms with van der Waals surface area (Å²) in [5.74, 6) is 2.17. The molecule has 0 amide bonds. The highest BCUT2D eigenvalue weighted by Crippen LogP contribution is 2.40. The second-order valence-electron chi connectivity index (χ2n) is 3.87. The molecular formula is C11H8BrClN2OS. The van der Waals surface area contributed by atoms with Gasteiger partial charge in [-0.15, -0.1) is 0 Å². The normalized spacial score (nSPS) is 14.9. The van der Waals surface area contributed by atoms with Crippen LogP contribution in [0.3, 0.4) is 0 Å². The Labute approximate surface area is 116 Å². The van der Waals surface area contributed by atoms with Gasteiger partial charge in [-0.05, 0) is 47.0 Å². The summed E-state index contributed by atoms with van der Waals surface area (Å²) in [7, 11) is 0. The van der Waals surface area contributed by atoms with Crippen LogP contribution < -0.4 is 4.74 Å². The van der Waals surface area contributed by atoms with Crippen LogP contribution in [0, 0.1) is 0 Å². The molecule has 0 spiro atoms. The van der Waals surface area contributed by atoms with E-state index in [-0.39, 0.29) is 0 Å². The monoisotopic (exact) mass is 330 g/mol. The first-order chi connectivity index (χ1) is 8.22. The topological polar surface area (TPSA) is 35.0 Å². The number of benzene rings is 1. The van der Waals surface area contributed by atoms with Crippen LogP contribution in [0.15, 0.2) is 22.7 Å². The maximum atomic E-state index is 5.86. The highest BCUT2D eigenvalue weighted by molar-refractivity contribution is 9.10. The van der Waals surface area contributed by atoms with Crippen molar-refractivity contribution in [2.45, 2.75) is 18.8 Å². The number of nitrogens with zero attached hydrogens (tertiary/aromatic N) is 2. The van der Waals surface area contributed by atoms with Crippen molar-refractivity contribution >= 4 is 39.1 Å². The molecule has 3 nitrogen and oxygen atoms in total. The fourth-order valence-corrected chi connectivity index (χ4v) is 2.81. The van der Waals surface area contributed by atoms with Gasteiger partial charge < -0.3 is 4.74 Å². The largest absolute Gasteiger partial charge is 0.429 e. The fourth-order valence-electron chi connectivity index (χ4n) is 1.42. The lowest BCUT2D eigenvalue weighted by Gasteiger charge is -2.03. The summed E-state index contributed by atoms with van der Waals surface area (Å²) in [6.07, 6.45) is 2.39. The molecule has 1 heterocycles. The van der Waals surface area contributed by atoms with Crippen molar-refractivity contribution < 1.29 is 4.74 Å². The van der Waals surface area contributed by atoms with E-state index in [0.717, 1.165) is 10.3 Å². The second-order valence-corrected chi connectivity index (χ2v) is 5.87. The quantitative estimate of drug-likeness (QED) is 0.823. The zero-order valence-electron chi connectivity index (χ0n) is 8.69. The summed E-state index contributed by atoms with van der Waals surface area (Å²) < 4.78 is 10.8. The molecule has 1 aromatic carbocycles. The number of rotatable bonds is 3. The lowest BCUT2D eigenvalue weighted by atomic mass is 10.3. The first-order valence-corrected chi connectivity index (χ1v) is 7.13. The summed E-state index contributed by atoms with van der Waals surface area (Å²) in [5, 5.41) is 1.25. The van der Waals surface area contributed by atoms with Gasteiger partial charge in [0, 0.05) is 22.5 Å². The molecule has 3 rings (SSSR count). The molecule has 1 aliphatic carbocycles. The van der Waals surface area contributed by atoms with Gasteiger partial charge in [0.15, 0.2) is 0 Å². The third-order valence-electron chi connectivity index (χ3n) is 2.46. The Morgan fingerprint density at radius 3 is 2.94 bits per heavy atom. The van der Waals surface area contributed by atoms with Gasteiger partial charge in [-0.2, -0.15) is 9.36 Å². The summed E-state index contributed by atoms with van der Waals surface area (Å²) in [6, 6.07) is 5.38. The van der Waals surface area contributed by atoms with Crippen molar-refractivity contribution in [3.8, 4) is 10.9 Å². The van der Waals surface area contributed by atoms with Crippen LogP contribution >= 0.6 is 39.1 Å². The number of halogens is 2. The van der Waals surface area contributed by atoms with E-state index in [4.69, 9.17) is 16.3 Å². The molecule has 1 aliphatic rings. The minimum atomic E-state index is 0.553. The summed E-state index contributed by atoms with van der Waals surface area (Å²) >= 11 is 10.6. The van der Waals surface area contributed by atoms with Crippen molar-refractivity contribution in [2.24, 2.45) is 0 Å². The van der Waals surface area contributed by atoms with Crippen molar-refractivity contribution in [2.75, 3.05) is 0 Å². The molecule has 0 aliphatic heterocycles. The van der Waals surface area contributed by atoms with E-state index in [1.165, 1.54) is 24.4 Å². The number of ether oxygens (including phenoxy) is 1. The molecular weight excluding hydrogens is 324 g/mol. The van der Waals surface area contributed by atoms with E-state index < -0.39 is 0 Å². The van der Waals surface area contributed by atoms with Gasteiger partial charge in [-0.1, -0.05) is 11.6 Å². The molecule has 1 fully saturated rings. The van der Waals surface area contributed by atoms with E-state index in [1.54, 1.807) is 12.1 Å². The Hall–Kier alpha value is -0.650. The Kier molecular flexibility index (Phi) is 3.06. The highest BCUT2D eigenvalue weighted by atomic mass is 79.9. The first-order valence-electron chi connectivity index (χ1n) is 5.19. The molecule has 88 valence electrons. The Bertz CT molecular complexity index is 556. The third-order valence-corrected chi connectivity index (χ3v) is 3.92. The SMILES string of the molecule is Clc1ccc(Oc2nc(C3CC3)ns2)c(Br)c1. The molecule has 0 radical (unpaired) electrons. The van der Waals surface area contributed by atoms with E-state index in [2.05, 4.69) is 25.3 Å². The Balaban J connectivity index is 1.80. The average molecular weight is 332 g/mol. The lowest BCUT2D eigenvalue weighted by molar-refractivity contribution is 0.474. The maximum Gasteiger partial charge on any atom is 0.298 e. The summed E-state index contributed by atoms with van der Waals surface area (Å²) in [6.45, 7) is 0. The van der Waals surface area contributed by atoms with Gasteiger partial charge in [-0.25, -0.2) is 0 Å². The molecule has 2 aromatic rings. The molecule has 17 heavy (non-hydrogen) atoms. The van der Waals surface area contributed by atoms with E-state index in [9.17, 15) is 0 Å². The highest BCUT2D eigenvalue weighted by Gasteiger charge is 2.28. The minimum absolute atomic E-state index is 0.553. The third kappa shape index (κ3) is 2.61. The van der Waals surface area contributed by atoms with Crippen LogP contribution in [0.2, 0.25) is 5.02 Å². The number of hydrogen-bond donors (Lipinski definition) is 0. The molecule has 0 saturated heterocycles. The summed E-state index contributed by atoms with van der Waals surface area (Å²) in [4.78, 5) is 4.36. The van der Waals surface area contributed by atoms with E-state index in [0.29, 0.717) is 21.9 Å². The predicted octanol–water partition coefficient (Wildman–Crippen LogP) is 4.62. The second kappa shape index (κ2) is 4.55. The molecule has 0 unspecified atom stereocenters. The zero-order valence-corrected chi connectivity index (χ0v) is 11.8. The van der Waals surface area contributed by atoms with Crippen LogP contribution in [-0.4, -0.2) is 9.36 Å². The minimum Gasteiger partial charge on any atom is -0.429 e. The van der Waals surface area contributed by atoms with Crippen LogP contribution in [-0.2, 0) is 0 Å². The molecule has 1 aromatic heterocycles. The average Bonchev–Trinajstić information content (AvgIpc) is 3.04. The van der Waals surface area contributed by atoms with Gasteiger partial charge in [0.05, 0.1) is 4.47 Å². The van der Waals surface area contributed by atoms with E-state index >= 15 is 0 Å². The van der Waals surface area contributed by atoms with Gasteiger partial charge in [0.2, 0.25) is 0 Å². The fraction of sp³-hybridized carbons (Fsp3) is 0.273. The summed E-state index contributed by atoms with van der Waals surface area (Å²) in [5.41, 5.74) is 0. The molecule has 6 heteroatoms. The van der Waals surface area contributed by atoms with Crippen LogP contribution in [0.4, 0.5) is 0 Å². The lowest BCUT2D eigenvalue weighted by Crippen LogP contribution is -1.86. The van der Waals surface area contributed by atoms with Gasteiger partial charge >= 0.3 is 0 Å². The molecule has 0 atom stereocenters. The van der Waals surface area contributed by atoms with E-state index in [1.807, 2.05) is 6.07 Å². The van der Waals surface area contributed by atoms with Gasteiger partial charge in [0.25, 0.3) is 5.19 Å². The maximum absolute atomic E-state index is 5.86. The molecule has 0 bridgehead atoms. The zero-order chi connectivity index (χ0) is 11.8. The van der Waals surface area contributed by atoms with Crippen LogP contribution in [0.1, 0.15) is 24.6 Å². The molecule has 0 N–H and O–H groups in total. The van der Waals surface area contributed by atoms with Crippen LogP contribution in [0.25, 0.3) is 0 Å². The van der Waals surface area contributed by atoms with Crippen molar-refractivity contribution in [1.82, 2.24) is 9.36 Å². The van der Waals surface area contributed by atoms with Gasteiger partial charge in [0.1, 0.15) is 11.6 Å². The van der Waals surface area contributed by atoms with Gasteiger partial charge in [-0.3, -0.25) is 0 Å².